The van der Waals surface area contributed by atoms with Crippen LogP contribution in [0.5, 0.6) is 0 Å². The molecule has 0 aliphatic heterocycles. The van der Waals surface area contributed by atoms with Crippen molar-refractivity contribution in [3.63, 3.8) is 0 Å². The van der Waals surface area contributed by atoms with Gasteiger partial charge in [-0.25, -0.2) is 9.59 Å². The van der Waals surface area contributed by atoms with E-state index < -0.39 is 5.97 Å². The predicted molar refractivity (Wildman–Crippen MR) is 142 cm³/mol. The normalized spacial score (nSPS) is 12.5. The van der Waals surface area contributed by atoms with Gasteiger partial charge >= 0.3 is 11.9 Å². The Kier molecular flexibility index (Phi) is 10.5. The smallest absolute Gasteiger partial charge is 0.333 e. The van der Waals surface area contributed by atoms with E-state index in [2.05, 4.69) is 53.7 Å². The summed E-state index contributed by atoms with van der Waals surface area (Å²) in [5.74, 6) is -1.13. The molecular weight excluding hydrogens is 424 g/mol. The molecule has 1 N–H and O–H groups in total. The zero-order chi connectivity index (χ0) is 26.1. The Bertz CT molecular complexity index is 1010. The molecule has 2 aromatic carbocycles. The van der Waals surface area contributed by atoms with E-state index >= 15 is 0 Å². The number of aliphatic carboxylic acids is 1. The number of carboxylic acid groups (broad SMARTS) is 1. The molecule has 0 amide bonds. The van der Waals surface area contributed by atoms with Crippen LogP contribution in [0, 0.1) is 0 Å². The van der Waals surface area contributed by atoms with Crippen LogP contribution in [-0.2, 0) is 25.2 Å². The summed E-state index contributed by atoms with van der Waals surface area (Å²) in [4.78, 5) is 22.1. The molecule has 34 heavy (non-hydrogen) atoms. The molecule has 0 fully saturated rings. The standard InChI is InChI=1S/C16H22O2.C14H18O2/c1-6-18-15(17)12(2)11-13-7-9-14(10-8-13)16(3,4)5;1-10(13(15)16)9-11-5-7-12(8-6-11)14(2,3)4/h7-11H,6H2,1-5H3;5-9H,1-4H3,(H,15,16). The number of carbonyl (C=O) groups excluding carboxylic acids is 1. The van der Waals surface area contributed by atoms with E-state index in [4.69, 9.17) is 9.84 Å². The van der Waals surface area contributed by atoms with Crippen LogP contribution < -0.4 is 0 Å². The summed E-state index contributed by atoms with van der Waals surface area (Å²) in [6.45, 7) is 18.6. The predicted octanol–water partition coefficient (Wildman–Crippen LogP) is 7.42. The van der Waals surface area contributed by atoms with Gasteiger partial charge in [0.05, 0.1) is 6.61 Å². The zero-order valence-electron chi connectivity index (χ0n) is 22.2. The van der Waals surface area contributed by atoms with Gasteiger partial charge in [-0.05, 0) is 66.0 Å². The maximum Gasteiger partial charge on any atom is 0.333 e. The van der Waals surface area contributed by atoms with Gasteiger partial charge in [0.25, 0.3) is 0 Å². The van der Waals surface area contributed by atoms with Crippen LogP contribution >= 0.6 is 0 Å². The highest BCUT2D eigenvalue weighted by Crippen LogP contribution is 2.23. The minimum Gasteiger partial charge on any atom is -0.478 e. The third-order valence-corrected chi connectivity index (χ3v) is 5.25. The Morgan fingerprint density at radius 2 is 1.09 bits per heavy atom. The number of carbonyl (C=O) groups is 2. The molecule has 0 saturated carbocycles. The Hall–Kier alpha value is -3.14. The van der Waals surface area contributed by atoms with Crippen LogP contribution in [0.4, 0.5) is 0 Å². The number of ether oxygens (including phenoxy) is 1. The minimum atomic E-state index is -0.875. The third kappa shape index (κ3) is 9.78. The van der Waals surface area contributed by atoms with Crippen molar-refractivity contribution in [2.24, 2.45) is 0 Å². The first-order chi connectivity index (χ1) is 15.6. The van der Waals surface area contributed by atoms with E-state index in [9.17, 15) is 9.59 Å². The zero-order valence-corrected chi connectivity index (χ0v) is 22.2. The number of rotatable bonds is 5. The fraction of sp³-hybridized carbons (Fsp3) is 0.400. The van der Waals surface area contributed by atoms with Gasteiger partial charge in [0, 0.05) is 11.1 Å². The van der Waals surface area contributed by atoms with E-state index in [-0.39, 0.29) is 16.8 Å². The van der Waals surface area contributed by atoms with Gasteiger partial charge in [-0.1, -0.05) is 90.1 Å². The van der Waals surface area contributed by atoms with E-state index in [0.717, 1.165) is 11.1 Å². The molecule has 0 heterocycles. The second kappa shape index (κ2) is 12.4. The van der Waals surface area contributed by atoms with Crippen LogP contribution in [0.2, 0.25) is 0 Å². The van der Waals surface area contributed by atoms with Crippen molar-refractivity contribution in [3.05, 3.63) is 81.9 Å². The van der Waals surface area contributed by atoms with Crippen LogP contribution in [0.25, 0.3) is 12.2 Å². The van der Waals surface area contributed by atoms with Crippen molar-refractivity contribution in [1.29, 1.82) is 0 Å². The Morgan fingerprint density at radius 3 is 1.38 bits per heavy atom. The van der Waals surface area contributed by atoms with Crippen LogP contribution in [0.1, 0.15) is 84.6 Å². The Morgan fingerprint density at radius 1 is 0.735 bits per heavy atom. The maximum absolute atomic E-state index is 11.5. The minimum absolute atomic E-state index is 0.129. The highest BCUT2D eigenvalue weighted by molar-refractivity contribution is 5.93. The summed E-state index contributed by atoms with van der Waals surface area (Å²) in [5, 5.41) is 8.76. The first kappa shape index (κ1) is 28.9. The summed E-state index contributed by atoms with van der Waals surface area (Å²) in [6.07, 6.45) is 3.53. The number of esters is 1. The molecule has 0 saturated heterocycles. The summed E-state index contributed by atoms with van der Waals surface area (Å²) in [6, 6.07) is 16.3. The molecule has 2 rings (SSSR count). The van der Waals surface area contributed by atoms with Gasteiger partial charge in [-0.2, -0.15) is 0 Å². The quantitative estimate of drug-likeness (QED) is 0.369. The molecule has 0 aromatic heterocycles. The second-order valence-electron chi connectivity index (χ2n) is 10.4. The van der Waals surface area contributed by atoms with Crippen molar-refractivity contribution in [2.75, 3.05) is 6.61 Å². The van der Waals surface area contributed by atoms with Crippen LogP contribution in [0.3, 0.4) is 0 Å². The fourth-order valence-electron chi connectivity index (χ4n) is 3.02. The first-order valence-electron chi connectivity index (χ1n) is 11.6. The molecule has 0 radical (unpaired) electrons. The van der Waals surface area contributed by atoms with Crippen molar-refractivity contribution >= 4 is 24.1 Å². The summed E-state index contributed by atoms with van der Waals surface area (Å²) < 4.78 is 4.95. The monoisotopic (exact) mass is 464 g/mol. The lowest BCUT2D eigenvalue weighted by atomic mass is 9.86. The molecule has 0 unspecified atom stereocenters. The number of benzene rings is 2. The molecule has 4 nitrogen and oxygen atoms in total. The lowest BCUT2D eigenvalue weighted by Crippen LogP contribution is -2.10. The van der Waals surface area contributed by atoms with Crippen LogP contribution in [0.15, 0.2) is 59.7 Å². The Labute approximate surface area is 205 Å². The summed E-state index contributed by atoms with van der Waals surface area (Å²) >= 11 is 0. The Balaban J connectivity index is 0.000000342. The summed E-state index contributed by atoms with van der Waals surface area (Å²) in [7, 11) is 0. The van der Waals surface area contributed by atoms with Gasteiger partial charge in [-0.3, -0.25) is 0 Å². The lowest BCUT2D eigenvalue weighted by Gasteiger charge is -2.18. The third-order valence-electron chi connectivity index (χ3n) is 5.25. The fourth-order valence-corrected chi connectivity index (χ4v) is 3.02. The maximum atomic E-state index is 11.5. The van der Waals surface area contributed by atoms with E-state index in [1.165, 1.54) is 11.1 Å². The number of carboxylic acids is 1. The molecule has 0 aliphatic rings. The van der Waals surface area contributed by atoms with Crippen molar-refractivity contribution in [2.45, 2.75) is 73.1 Å². The largest absolute Gasteiger partial charge is 0.478 e. The highest BCUT2D eigenvalue weighted by atomic mass is 16.5. The topological polar surface area (TPSA) is 63.6 Å². The van der Waals surface area contributed by atoms with Gasteiger partial charge in [-0.15, -0.1) is 0 Å². The van der Waals surface area contributed by atoms with Crippen molar-refractivity contribution in [3.8, 4) is 0 Å². The van der Waals surface area contributed by atoms with E-state index in [1.807, 2.05) is 49.4 Å². The van der Waals surface area contributed by atoms with Crippen LogP contribution in [-0.4, -0.2) is 23.7 Å². The molecule has 4 heteroatoms. The van der Waals surface area contributed by atoms with Gasteiger partial charge < -0.3 is 9.84 Å². The molecule has 184 valence electrons. The van der Waals surface area contributed by atoms with E-state index in [0.29, 0.717) is 17.8 Å². The SMILES string of the molecule is CC(=Cc1ccc(C(C)(C)C)cc1)C(=O)O.CCOC(=O)C(C)=Cc1ccc(C(C)(C)C)cc1. The highest BCUT2D eigenvalue weighted by Gasteiger charge is 2.13. The molecule has 0 bridgehead atoms. The molecule has 0 aliphatic carbocycles. The van der Waals surface area contributed by atoms with Gasteiger partial charge in [0.15, 0.2) is 0 Å². The molecule has 0 atom stereocenters. The van der Waals surface area contributed by atoms with Gasteiger partial charge in [0.1, 0.15) is 0 Å². The average Bonchev–Trinajstić information content (AvgIpc) is 2.73. The molecular formula is C30H40O4. The van der Waals surface area contributed by atoms with Gasteiger partial charge in [0.2, 0.25) is 0 Å². The molecule has 2 aromatic rings. The average molecular weight is 465 g/mol. The first-order valence-corrected chi connectivity index (χ1v) is 11.6. The molecule has 0 spiro atoms. The summed E-state index contributed by atoms with van der Waals surface area (Å²) in [5.41, 5.74) is 5.74. The van der Waals surface area contributed by atoms with Crippen molar-refractivity contribution < 1.29 is 19.4 Å². The number of hydrogen-bond donors (Lipinski definition) is 1. The van der Waals surface area contributed by atoms with E-state index in [1.54, 1.807) is 19.9 Å². The lowest BCUT2D eigenvalue weighted by molar-refractivity contribution is -0.138. The van der Waals surface area contributed by atoms with Crippen molar-refractivity contribution in [1.82, 2.24) is 0 Å². The number of hydrogen-bond acceptors (Lipinski definition) is 3. The second-order valence-corrected chi connectivity index (χ2v) is 10.4.